The van der Waals surface area contributed by atoms with Crippen LogP contribution in [0.25, 0.3) is 0 Å². The van der Waals surface area contributed by atoms with Gasteiger partial charge in [0.2, 0.25) is 5.75 Å². The summed E-state index contributed by atoms with van der Waals surface area (Å²) in [6, 6.07) is 5.14. The minimum Gasteiger partial charge on any atom is -0.490 e. The molecule has 0 atom stereocenters. The Kier molecular flexibility index (Phi) is 9.22. The van der Waals surface area contributed by atoms with Gasteiger partial charge in [0.05, 0.1) is 35.1 Å². The Bertz CT molecular complexity index is 1840. The third kappa shape index (κ3) is 6.28. The van der Waals surface area contributed by atoms with Gasteiger partial charge in [0.15, 0.2) is 44.1 Å². The van der Waals surface area contributed by atoms with Crippen molar-refractivity contribution in [1.82, 2.24) is 20.2 Å². The van der Waals surface area contributed by atoms with Crippen LogP contribution in [0.3, 0.4) is 0 Å². The number of ether oxygens (including phenoxy) is 2. The Labute approximate surface area is 265 Å². The number of hydrogen-bond donors (Lipinski definition) is 2. The van der Waals surface area contributed by atoms with E-state index >= 15 is 4.39 Å². The van der Waals surface area contributed by atoms with Gasteiger partial charge in [-0.1, -0.05) is 11.6 Å². The van der Waals surface area contributed by atoms with E-state index in [0.29, 0.717) is 55.8 Å². The molecule has 1 fully saturated rings. The summed E-state index contributed by atoms with van der Waals surface area (Å²) in [5, 5.41) is 9.37. The second kappa shape index (κ2) is 12.7. The summed E-state index contributed by atoms with van der Waals surface area (Å²) in [5.41, 5.74) is -0.305. The highest BCUT2D eigenvalue weighted by Gasteiger charge is 2.43. The number of sulfone groups is 1. The average molecular weight is 687 g/mol. The number of anilines is 3. The highest BCUT2D eigenvalue weighted by molar-refractivity contribution is 7.99. The molecule has 10 nitrogen and oxygen atoms in total. The van der Waals surface area contributed by atoms with Crippen molar-refractivity contribution in [1.29, 1.82) is 0 Å². The van der Waals surface area contributed by atoms with E-state index in [9.17, 15) is 21.6 Å². The Hall–Kier alpha value is -3.60. The molecule has 0 saturated carbocycles. The van der Waals surface area contributed by atoms with Crippen LogP contribution in [0.2, 0.25) is 5.02 Å². The number of nitrogens with zero attached hydrogens (tertiary/aromatic N) is 4. The summed E-state index contributed by atoms with van der Waals surface area (Å²) in [7, 11) is -3.23. The van der Waals surface area contributed by atoms with E-state index in [1.165, 1.54) is 13.2 Å². The van der Waals surface area contributed by atoms with Gasteiger partial charge < -0.3 is 19.7 Å². The molecule has 1 saturated heterocycles. The minimum absolute atomic E-state index is 0.0439. The lowest BCUT2D eigenvalue weighted by Gasteiger charge is -2.29. The quantitative estimate of drug-likeness (QED) is 0.120. The second-order valence-electron chi connectivity index (χ2n) is 10.4. The van der Waals surface area contributed by atoms with Gasteiger partial charge in [0.25, 0.3) is 0 Å². The van der Waals surface area contributed by atoms with Crippen molar-refractivity contribution in [3.63, 3.8) is 0 Å². The van der Waals surface area contributed by atoms with E-state index in [0.717, 1.165) is 37.4 Å². The summed E-state index contributed by atoms with van der Waals surface area (Å²) >= 11 is 6.49. The van der Waals surface area contributed by atoms with Crippen LogP contribution in [0, 0.1) is 30.2 Å². The summed E-state index contributed by atoms with van der Waals surface area (Å²) in [5.74, 6) is -4.19. The molecule has 0 amide bonds. The second-order valence-corrected chi connectivity index (χ2v) is 14.3. The first-order valence-corrected chi connectivity index (χ1v) is 16.1. The van der Waals surface area contributed by atoms with Gasteiger partial charge in [-0.25, -0.2) is 35.9 Å². The molecule has 1 aliphatic rings. The fourth-order valence-electron chi connectivity index (χ4n) is 4.69. The van der Waals surface area contributed by atoms with E-state index in [1.54, 1.807) is 6.07 Å². The first-order valence-electron chi connectivity index (χ1n) is 13.4. The number of aromatic nitrogens is 4. The number of aromatic amines is 1. The molecule has 0 unspecified atom stereocenters. The van der Waals surface area contributed by atoms with Gasteiger partial charge in [-0.05, 0) is 56.8 Å². The molecule has 1 aliphatic heterocycles. The average Bonchev–Trinajstić information content (AvgIpc) is 3.41. The number of hydrogen-bond acceptors (Lipinski definition) is 10. The van der Waals surface area contributed by atoms with E-state index in [2.05, 4.69) is 25.5 Å². The zero-order valence-corrected chi connectivity index (χ0v) is 26.7. The Morgan fingerprint density at radius 1 is 1.07 bits per heavy atom. The molecule has 0 aliphatic carbocycles. The standard InChI is InChI=1S/C28H27ClF4N6O4S2/c1-14-11-20(38-37-14)34-25-24(42-4)26(39-7-9-43-10-8-39)36-27(35-25)44-19-6-5-15(12-17(19)30)45(40,41)28(2,3)21-22(32)16(29)13-18(31)23(21)33/h5-6,11-13H,7-10H2,1-4H3,(H2,34,35,36,37,38). The number of halogens is 5. The number of benzene rings is 2. The zero-order chi connectivity index (χ0) is 32.7. The molecule has 0 spiro atoms. The maximum atomic E-state index is 15.5. The van der Waals surface area contributed by atoms with Crippen molar-refractivity contribution in [2.45, 2.75) is 40.5 Å². The van der Waals surface area contributed by atoms with Crippen LogP contribution in [0.5, 0.6) is 5.75 Å². The highest BCUT2D eigenvalue weighted by atomic mass is 35.5. The van der Waals surface area contributed by atoms with Crippen LogP contribution >= 0.6 is 23.4 Å². The van der Waals surface area contributed by atoms with Crippen LogP contribution in [-0.4, -0.2) is 62.0 Å². The van der Waals surface area contributed by atoms with Crippen LogP contribution in [0.15, 0.2) is 45.3 Å². The van der Waals surface area contributed by atoms with Gasteiger partial charge in [0, 0.05) is 30.4 Å². The topological polar surface area (TPSA) is 122 Å². The van der Waals surface area contributed by atoms with Crippen LogP contribution < -0.4 is 15.0 Å². The molecule has 0 radical (unpaired) electrons. The smallest absolute Gasteiger partial charge is 0.204 e. The molecule has 2 N–H and O–H groups in total. The van der Waals surface area contributed by atoms with E-state index in [1.807, 2.05) is 11.8 Å². The molecule has 2 aromatic carbocycles. The molecule has 5 rings (SSSR count). The number of nitrogens with one attached hydrogen (secondary N) is 2. The lowest BCUT2D eigenvalue weighted by atomic mass is 10.0. The van der Waals surface area contributed by atoms with Gasteiger partial charge in [-0.15, -0.1) is 0 Å². The number of H-pyrrole nitrogens is 1. The monoisotopic (exact) mass is 686 g/mol. The fourth-order valence-corrected chi connectivity index (χ4v) is 7.18. The van der Waals surface area contributed by atoms with Crippen molar-refractivity contribution in [3.8, 4) is 5.75 Å². The van der Waals surface area contributed by atoms with Crippen molar-refractivity contribution in [2.75, 3.05) is 43.6 Å². The van der Waals surface area contributed by atoms with Crippen molar-refractivity contribution < 1.29 is 35.5 Å². The Morgan fingerprint density at radius 2 is 1.78 bits per heavy atom. The fraction of sp³-hybridized carbons (Fsp3) is 0.321. The zero-order valence-electron chi connectivity index (χ0n) is 24.3. The lowest BCUT2D eigenvalue weighted by Crippen LogP contribution is -2.37. The SMILES string of the molecule is COc1c(Nc2cc(C)[nH]n2)nc(Sc2ccc(S(=O)(=O)C(C)(C)c3c(F)c(F)cc(Cl)c3F)cc2F)nc1N1CCOCC1. The van der Waals surface area contributed by atoms with Gasteiger partial charge in [0.1, 0.15) is 16.4 Å². The molecule has 3 heterocycles. The molecule has 17 heteroatoms. The Morgan fingerprint density at radius 3 is 2.40 bits per heavy atom. The van der Waals surface area contributed by atoms with Gasteiger partial charge >= 0.3 is 0 Å². The molecule has 45 heavy (non-hydrogen) atoms. The van der Waals surface area contributed by atoms with E-state index in [4.69, 9.17) is 21.1 Å². The summed E-state index contributed by atoms with van der Waals surface area (Å²) < 4.78 is 95.0. The number of methoxy groups -OCH3 is 1. The molecule has 0 bridgehead atoms. The third-order valence-corrected chi connectivity index (χ3v) is 10.7. The normalized spacial score (nSPS) is 14.1. The van der Waals surface area contributed by atoms with Crippen molar-refractivity contribution >= 4 is 50.7 Å². The van der Waals surface area contributed by atoms with E-state index < -0.39 is 53.3 Å². The van der Waals surface area contributed by atoms with Crippen LogP contribution in [0.4, 0.5) is 35.0 Å². The first-order chi connectivity index (χ1) is 21.2. The summed E-state index contributed by atoms with van der Waals surface area (Å²) in [6.07, 6.45) is 0. The van der Waals surface area contributed by atoms with Gasteiger partial charge in [-0.2, -0.15) is 5.10 Å². The highest BCUT2D eigenvalue weighted by Crippen LogP contribution is 2.42. The summed E-state index contributed by atoms with van der Waals surface area (Å²) in [4.78, 5) is 10.4. The van der Waals surface area contributed by atoms with Crippen LogP contribution in [0.1, 0.15) is 25.1 Å². The third-order valence-electron chi connectivity index (χ3n) is 7.09. The maximum absolute atomic E-state index is 15.5. The molecule has 4 aromatic rings. The number of aryl methyl sites for hydroxylation is 1. The first kappa shape index (κ1) is 32.8. The van der Waals surface area contributed by atoms with Gasteiger partial charge in [-0.3, -0.25) is 5.10 Å². The largest absolute Gasteiger partial charge is 0.490 e. The maximum Gasteiger partial charge on any atom is 0.204 e. The molecular weight excluding hydrogens is 660 g/mol. The molecule has 2 aromatic heterocycles. The van der Waals surface area contributed by atoms with Crippen molar-refractivity contribution in [3.05, 3.63) is 69.9 Å². The Balaban J connectivity index is 1.52. The van der Waals surface area contributed by atoms with Crippen LogP contribution in [-0.2, 0) is 19.3 Å². The van der Waals surface area contributed by atoms with E-state index in [-0.39, 0.29) is 15.9 Å². The number of rotatable bonds is 9. The lowest BCUT2D eigenvalue weighted by molar-refractivity contribution is 0.122. The predicted octanol–water partition coefficient (Wildman–Crippen LogP) is 6.17. The minimum atomic E-state index is -4.69. The summed E-state index contributed by atoms with van der Waals surface area (Å²) in [6.45, 7) is 5.70. The molecular formula is C28H27ClF4N6O4S2. The molecule has 240 valence electrons. The predicted molar refractivity (Wildman–Crippen MR) is 160 cm³/mol. The number of morpholine rings is 1. The van der Waals surface area contributed by atoms with Crippen molar-refractivity contribution in [2.24, 2.45) is 0 Å².